The van der Waals surface area contributed by atoms with Gasteiger partial charge >= 0.3 is 0 Å². The number of aryl methyl sites for hydroxylation is 2. The topological polar surface area (TPSA) is 105 Å². The van der Waals surface area contributed by atoms with Gasteiger partial charge in [-0.25, -0.2) is 13.6 Å². The van der Waals surface area contributed by atoms with Crippen molar-refractivity contribution in [1.29, 1.82) is 0 Å². The molecule has 3 aromatic rings. The van der Waals surface area contributed by atoms with Crippen LogP contribution in [0.15, 0.2) is 47.4 Å². The van der Waals surface area contributed by atoms with Crippen LogP contribution in [0.2, 0.25) is 0 Å². The summed E-state index contributed by atoms with van der Waals surface area (Å²) in [5.41, 5.74) is 5.13. The van der Waals surface area contributed by atoms with Gasteiger partial charge in [0.05, 0.1) is 16.0 Å². The van der Waals surface area contributed by atoms with Gasteiger partial charge in [-0.2, -0.15) is 0 Å². The molecule has 2 aromatic carbocycles. The zero-order valence-electron chi connectivity index (χ0n) is 15.5. The third kappa shape index (κ3) is 3.68. The van der Waals surface area contributed by atoms with Crippen molar-refractivity contribution in [2.75, 3.05) is 6.54 Å². The lowest BCUT2D eigenvalue weighted by Gasteiger charge is -2.10. The highest BCUT2D eigenvalue weighted by Crippen LogP contribution is 2.30. The van der Waals surface area contributed by atoms with Crippen molar-refractivity contribution in [3.63, 3.8) is 0 Å². The van der Waals surface area contributed by atoms with Crippen molar-refractivity contribution in [3.05, 3.63) is 64.8 Å². The minimum Gasteiger partial charge on any atom is -0.358 e. The Kier molecular flexibility index (Phi) is 4.95. The van der Waals surface area contributed by atoms with Crippen LogP contribution in [0.25, 0.3) is 10.9 Å². The average Bonchev–Trinajstić information content (AvgIpc) is 3.06. The van der Waals surface area contributed by atoms with Gasteiger partial charge in [-0.1, -0.05) is 24.3 Å². The number of hydrogen-bond donors (Lipinski definition) is 3. The van der Waals surface area contributed by atoms with Gasteiger partial charge in [-0.15, -0.1) is 0 Å². The molecule has 4 N–H and O–H groups in total. The largest absolute Gasteiger partial charge is 0.358 e. The number of benzene rings is 2. The number of aromatic nitrogens is 1. The maximum absolute atomic E-state index is 12.7. The number of sulfonamides is 1. The van der Waals surface area contributed by atoms with Crippen molar-refractivity contribution in [3.8, 4) is 0 Å². The van der Waals surface area contributed by atoms with Gasteiger partial charge in [0.25, 0.3) is 5.91 Å². The summed E-state index contributed by atoms with van der Waals surface area (Å²) in [6, 6.07) is 12.3. The first-order valence-corrected chi connectivity index (χ1v) is 11.0. The van der Waals surface area contributed by atoms with Gasteiger partial charge in [-0.05, 0) is 61.4 Å². The predicted molar refractivity (Wildman–Crippen MR) is 109 cm³/mol. The highest BCUT2D eigenvalue weighted by molar-refractivity contribution is 7.89. The summed E-state index contributed by atoms with van der Waals surface area (Å²) in [4.78, 5) is 16.3. The summed E-state index contributed by atoms with van der Waals surface area (Å²) >= 11 is 0. The molecule has 146 valence electrons. The number of nitrogens with two attached hydrogens (primary N) is 1. The number of carbonyl (C=O) groups excluding carboxylic acids is 1. The van der Waals surface area contributed by atoms with Gasteiger partial charge in [0.2, 0.25) is 10.0 Å². The van der Waals surface area contributed by atoms with E-state index in [4.69, 9.17) is 5.14 Å². The molecule has 1 amide bonds. The van der Waals surface area contributed by atoms with Gasteiger partial charge in [0, 0.05) is 17.6 Å². The van der Waals surface area contributed by atoms with Crippen molar-refractivity contribution in [2.45, 2.75) is 37.0 Å². The Morgan fingerprint density at radius 1 is 1.07 bits per heavy atom. The molecule has 0 atom stereocenters. The lowest BCUT2D eigenvalue weighted by molar-refractivity contribution is 0.0955. The van der Waals surface area contributed by atoms with Crippen LogP contribution in [-0.2, 0) is 29.3 Å². The first kappa shape index (κ1) is 18.7. The van der Waals surface area contributed by atoms with Crippen molar-refractivity contribution >= 4 is 26.8 Å². The van der Waals surface area contributed by atoms with Gasteiger partial charge in [-0.3, -0.25) is 4.79 Å². The molecule has 1 aromatic heterocycles. The molecule has 0 aliphatic heterocycles. The number of H-pyrrole nitrogens is 1. The Labute approximate surface area is 164 Å². The molecule has 0 saturated carbocycles. The van der Waals surface area contributed by atoms with E-state index in [9.17, 15) is 13.2 Å². The highest BCUT2D eigenvalue weighted by atomic mass is 32.2. The maximum Gasteiger partial charge on any atom is 0.253 e. The van der Waals surface area contributed by atoms with E-state index in [1.165, 1.54) is 36.2 Å². The third-order valence-corrected chi connectivity index (χ3v) is 6.26. The monoisotopic (exact) mass is 397 g/mol. The molecular weight excluding hydrogens is 374 g/mol. The second-order valence-electron chi connectivity index (χ2n) is 7.21. The first-order valence-electron chi connectivity index (χ1n) is 9.46. The van der Waals surface area contributed by atoms with Crippen LogP contribution in [0, 0.1) is 0 Å². The molecule has 0 spiro atoms. The number of fused-ring (bicyclic) bond motifs is 3. The molecule has 0 bridgehead atoms. The zero-order chi connectivity index (χ0) is 19.7. The molecule has 6 nitrogen and oxygen atoms in total. The molecule has 0 radical (unpaired) electrons. The second-order valence-corrected chi connectivity index (χ2v) is 8.77. The summed E-state index contributed by atoms with van der Waals surface area (Å²) in [6.07, 6.45) is 5.09. The van der Waals surface area contributed by atoms with Crippen LogP contribution in [0.1, 0.15) is 40.0 Å². The van der Waals surface area contributed by atoms with Crippen LogP contribution in [-0.4, -0.2) is 25.9 Å². The fourth-order valence-corrected chi connectivity index (χ4v) is 4.40. The van der Waals surface area contributed by atoms with Crippen molar-refractivity contribution < 1.29 is 13.2 Å². The number of nitrogens with one attached hydrogen (secondary N) is 2. The second kappa shape index (κ2) is 7.41. The number of rotatable bonds is 5. The fourth-order valence-electron chi connectivity index (χ4n) is 3.88. The molecule has 1 heterocycles. The molecule has 28 heavy (non-hydrogen) atoms. The van der Waals surface area contributed by atoms with E-state index in [0.717, 1.165) is 29.3 Å². The van der Waals surface area contributed by atoms with E-state index < -0.39 is 10.0 Å². The smallest absolute Gasteiger partial charge is 0.253 e. The summed E-state index contributed by atoms with van der Waals surface area (Å²) in [6.45, 7) is 0.463. The molecular formula is C21H23N3O3S. The molecule has 0 saturated heterocycles. The van der Waals surface area contributed by atoms with Crippen LogP contribution in [0.5, 0.6) is 0 Å². The Morgan fingerprint density at radius 2 is 1.82 bits per heavy atom. The van der Waals surface area contributed by atoms with Crippen molar-refractivity contribution in [2.24, 2.45) is 5.14 Å². The number of primary sulfonamides is 1. The van der Waals surface area contributed by atoms with Crippen LogP contribution in [0.4, 0.5) is 0 Å². The lowest BCUT2D eigenvalue weighted by Crippen LogP contribution is -2.26. The van der Waals surface area contributed by atoms with E-state index in [2.05, 4.69) is 16.4 Å². The van der Waals surface area contributed by atoms with Gasteiger partial charge in [0.1, 0.15) is 0 Å². The molecule has 7 heteroatoms. The summed E-state index contributed by atoms with van der Waals surface area (Å²) < 4.78 is 22.6. The van der Waals surface area contributed by atoms with Crippen LogP contribution >= 0.6 is 0 Å². The normalized spacial score (nSPS) is 14.0. The number of aromatic amines is 1. The Bertz CT molecular complexity index is 1130. The number of hydrogen-bond acceptors (Lipinski definition) is 3. The third-order valence-electron chi connectivity index (χ3n) is 5.33. The average molecular weight is 398 g/mol. The molecule has 4 rings (SSSR count). The zero-order valence-corrected chi connectivity index (χ0v) is 16.3. The fraction of sp³-hybridized carbons (Fsp3) is 0.286. The Morgan fingerprint density at radius 3 is 2.57 bits per heavy atom. The van der Waals surface area contributed by atoms with E-state index in [1.807, 2.05) is 12.1 Å². The number of para-hydroxylation sites is 1. The minimum absolute atomic E-state index is 0.0858. The van der Waals surface area contributed by atoms with Crippen LogP contribution < -0.4 is 10.5 Å². The van der Waals surface area contributed by atoms with E-state index in [0.29, 0.717) is 18.5 Å². The standard InChI is InChI=1S/C21H23N3O3S/c22-28(26,27)15-10-8-14(9-11-15)12-13-23-21(25)18-6-3-5-17-16-4-1-2-7-19(16)24-20(17)18/h3,5-6,8-11,24H,1-2,4,7,12-13H2,(H,23,25)(H2,22,26,27). The predicted octanol–water partition coefficient (Wildman–Crippen LogP) is 2.67. The Balaban J connectivity index is 1.45. The highest BCUT2D eigenvalue weighted by Gasteiger charge is 2.19. The lowest BCUT2D eigenvalue weighted by atomic mass is 9.95. The van der Waals surface area contributed by atoms with Gasteiger partial charge in [0.15, 0.2) is 0 Å². The van der Waals surface area contributed by atoms with E-state index in [1.54, 1.807) is 12.1 Å². The van der Waals surface area contributed by atoms with E-state index in [-0.39, 0.29) is 10.8 Å². The minimum atomic E-state index is -3.69. The summed E-state index contributed by atoms with van der Waals surface area (Å²) in [5, 5.41) is 9.22. The number of amides is 1. The van der Waals surface area contributed by atoms with Crippen LogP contribution in [0.3, 0.4) is 0 Å². The number of carbonyl (C=O) groups is 1. The van der Waals surface area contributed by atoms with Gasteiger partial charge < -0.3 is 10.3 Å². The molecule has 1 aliphatic carbocycles. The molecule has 0 fully saturated rings. The first-order chi connectivity index (χ1) is 13.4. The quantitative estimate of drug-likeness (QED) is 0.616. The summed E-state index contributed by atoms with van der Waals surface area (Å²) in [7, 11) is -3.69. The SMILES string of the molecule is NS(=O)(=O)c1ccc(CCNC(=O)c2cccc3c4c([nH]c23)CCCC4)cc1. The Hall–Kier alpha value is -2.64. The van der Waals surface area contributed by atoms with Crippen molar-refractivity contribution in [1.82, 2.24) is 10.3 Å². The van der Waals surface area contributed by atoms with E-state index >= 15 is 0 Å². The summed E-state index contributed by atoms with van der Waals surface area (Å²) in [5.74, 6) is -0.106. The molecule has 0 unspecified atom stereocenters. The molecule has 1 aliphatic rings. The maximum atomic E-state index is 12.7.